The van der Waals surface area contributed by atoms with E-state index in [1.165, 1.54) is 23.4 Å². The second kappa shape index (κ2) is 9.53. The molecule has 0 bridgehead atoms. The predicted molar refractivity (Wildman–Crippen MR) is 122 cm³/mol. The van der Waals surface area contributed by atoms with Crippen molar-refractivity contribution in [3.05, 3.63) is 57.3 Å². The second-order valence-electron chi connectivity index (χ2n) is 6.68. The molecule has 0 saturated carbocycles. The highest BCUT2D eigenvalue weighted by Crippen LogP contribution is 2.32. The van der Waals surface area contributed by atoms with Gasteiger partial charge in [0, 0.05) is 24.2 Å². The average molecular weight is 446 g/mol. The number of benzene rings is 2. The standard InChI is InChI=1S/C22H24ClN3O3S/c1-5-25(6-2)20(27)13-30-22-24-17-10-8-7-9-15(17)21(28)26(22)18-11-14(3)16(23)12-19(18)29-4/h7-12H,5-6,13H2,1-4H3. The number of hydrogen-bond donors (Lipinski definition) is 0. The van der Waals surface area contributed by atoms with Crippen LogP contribution in [0, 0.1) is 6.92 Å². The zero-order valence-corrected chi connectivity index (χ0v) is 19.0. The van der Waals surface area contributed by atoms with Gasteiger partial charge in [-0.3, -0.25) is 14.2 Å². The molecule has 0 N–H and O–H groups in total. The van der Waals surface area contributed by atoms with E-state index >= 15 is 0 Å². The number of rotatable bonds is 7. The number of halogens is 1. The van der Waals surface area contributed by atoms with E-state index in [4.69, 9.17) is 16.3 Å². The molecule has 0 radical (unpaired) electrons. The number of para-hydroxylation sites is 1. The summed E-state index contributed by atoms with van der Waals surface area (Å²) in [5.74, 6) is 0.640. The SMILES string of the molecule is CCN(CC)C(=O)CSc1nc2ccccc2c(=O)n1-c1cc(C)c(Cl)cc1OC. The van der Waals surface area contributed by atoms with Crippen LogP contribution in [0.15, 0.2) is 46.3 Å². The van der Waals surface area contributed by atoms with Crippen molar-refractivity contribution in [1.82, 2.24) is 14.5 Å². The van der Waals surface area contributed by atoms with E-state index in [1.807, 2.05) is 26.8 Å². The topological polar surface area (TPSA) is 64.4 Å². The first-order chi connectivity index (χ1) is 14.4. The van der Waals surface area contributed by atoms with Gasteiger partial charge in [-0.05, 0) is 44.5 Å². The summed E-state index contributed by atoms with van der Waals surface area (Å²) in [6, 6.07) is 10.7. The molecule has 158 valence electrons. The Bertz CT molecular complexity index is 1140. The first-order valence-corrected chi connectivity index (χ1v) is 11.0. The molecule has 0 spiro atoms. The minimum absolute atomic E-state index is 0.00166. The van der Waals surface area contributed by atoms with Crippen LogP contribution in [0.5, 0.6) is 5.75 Å². The number of hydrogen-bond acceptors (Lipinski definition) is 5. The molecule has 0 aliphatic carbocycles. The minimum Gasteiger partial charge on any atom is -0.495 e. The average Bonchev–Trinajstić information content (AvgIpc) is 2.75. The predicted octanol–water partition coefficient (Wildman–Crippen LogP) is 4.32. The summed E-state index contributed by atoms with van der Waals surface area (Å²) < 4.78 is 7.00. The van der Waals surface area contributed by atoms with Gasteiger partial charge in [-0.15, -0.1) is 0 Å². The first kappa shape index (κ1) is 22.2. The monoisotopic (exact) mass is 445 g/mol. The van der Waals surface area contributed by atoms with Crippen LogP contribution in [0.25, 0.3) is 16.6 Å². The Balaban J connectivity index is 2.19. The number of ether oxygens (including phenoxy) is 1. The number of carbonyl (C=O) groups is 1. The maximum absolute atomic E-state index is 13.4. The summed E-state index contributed by atoms with van der Waals surface area (Å²) in [6.45, 7) is 7.02. The van der Waals surface area contributed by atoms with E-state index in [1.54, 1.807) is 35.2 Å². The Morgan fingerprint density at radius 2 is 1.93 bits per heavy atom. The lowest BCUT2D eigenvalue weighted by Gasteiger charge is -2.20. The Labute approximate surface area is 184 Å². The maximum Gasteiger partial charge on any atom is 0.266 e. The van der Waals surface area contributed by atoms with E-state index < -0.39 is 0 Å². The molecule has 0 atom stereocenters. The van der Waals surface area contributed by atoms with Crippen molar-refractivity contribution in [2.45, 2.75) is 25.9 Å². The number of thioether (sulfide) groups is 1. The van der Waals surface area contributed by atoms with Gasteiger partial charge < -0.3 is 9.64 Å². The summed E-state index contributed by atoms with van der Waals surface area (Å²) in [5, 5.41) is 1.47. The van der Waals surface area contributed by atoms with E-state index in [9.17, 15) is 9.59 Å². The third-order valence-electron chi connectivity index (χ3n) is 4.89. The zero-order chi connectivity index (χ0) is 21.8. The van der Waals surface area contributed by atoms with Crippen LogP contribution in [-0.2, 0) is 4.79 Å². The van der Waals surface area contributed by atoms with E-state index in [2.05, 4.69) is 4.98 Å². The highest BCUT2D eigenvalue weighted by Gasteiger charge is 2.19. The van der Waals surface area contributed by atoms with Crippen molar-refractivity contribution in [1.29, 1.82) is 0 Å². The van der Waals surface area contributed by atoms with Gasteiger partial charge in [0.25, 0.3) is 5.56 Å². The Morgan fingerprint density at radius 3 is 2.60 bits per heavy atom. The molecule has 8 heteroatoms. The summed E-state index contributed by atoms with van der Waals surface area (Å²) in [5.41, 5.74) is 1.71. The lowest BCUT2D eigenvalue weighted by molar-refractivity contribution is -0.127. The largest absolute Gasteiger partial charge is 0.495 e. The summed E-state index contributed by atoms with van der Waals surface area (Å²) in [6.07, 6.45) is 0. The van der Waals surface area contributed by atoms with Crippen molar-refractivity contribution in [2.75, 3.05) is 26.0 Å². The Hall–Kier alpha value is -2.51. The van der Waals surface area contributed by atoms with Crippen LogP contribution in [0.2, 0.25) is 5.02 Å². The van der Waals surface area contributed by atoms with Gasteiger partial charge in [-0.1, -0.05) is 35.5 Å². The van der Waals surface area contributed by atoms with Crippen LogP contribution in [0.3, 0.4) is 0 Å². The van der Waals surface area contributed by atoms with Gasteiger partial charge >= 0.3 is 0 Å². The fraction of sp³-hybridized carbons (Fsp3) is 0.318. The number of nitrogens with zero attached hydrogens (tertiary/aromatic N) is 3. The summed E-state index contributed by atoms with van der Waals surface area (Å²) in [7, 11) is 1.53. The molecule has 1 heterocycles. The molecular weight excluding hydrogens is 422 g/mol. The number of carbonyl (C=O) groups excluding carboxylic acids is 1. The second-order valence-corrected chi connectivity index (χ2v) is 8.03. The van der Waals surface area contributed by atoms with Crippen LogP contribution >= 0.6 is 23.4 Å². The third-order valence-corrected chi connectivity index (χ3v) is 6.22. The normalized spacial score (nSPS) is 11.0. The molecule has 30 heavy (non-hydrogen) atoms. The van der Waals surface area contributed by atoms with Gasteiger partial charge in [0.15, 0.2) is 5.16 Å². The smallest absolute Gasteiger partial charge is 0.266 e. The minimum atomic E-state index is -0.224. The molecular formula is C22H24ClN3O3S. The molecule has 0 aliphatic heterocycles. The number of aryl methyl sites for hydroxylation is 1. The van der Waals surface area contributed by atoms with Crippen LogP contribution < -0.4 is 10.3 Å². The molecule has 1 aromatic heterocycles. The molecule has 3 aromatic rings. The van der Waals surface area contributed by atoms with Gasteiger partial charge in [0.1, 0.15) is 5.75 Å². The lowest BCUT2D eigenvalue weighted by atomic mass is 10.2. The van der Waals surface area contributed by atoms with E-state index in [-0.39, 0.29) is 17.2 Å². The quantitative estimate of drug-likeness (QED) is 0.400. The Kier molecular flexibility index (Phi) is 7.05. The fourth-order valence-corrected chi connectivity index (χ4v) is 4.26. The number of methoxy groups -OCH3 is 1. The summed E-state index contributed by atoms with van der Waals surface area (Å²) >= 11 is 7.50. The van der Waals surface area contributed by atoms with Crippen molar-refractivity contribution < 1.29 is 9.53 Å². The maximum atomic E-state index is 13.4. The van der Waals surface area contributed by atoms with Gasteiger partial charge in [-0.25, -0.2) is 4.98 Å². The van der Waals surface area contributed by atoms with Crippen molar-refractivity contribution >= 4 is 40.2 Å². The van der Waals surface area contributed by atoms with E-state index in [0.717, 1.165) is 5.56 Å². The molecule has 6 nitrogen and oxygen atoms in total. The number of aromatic nitrogens is 2. The first-order valence-electron chi connectivity index (χ1n) is 9.68. The van der Waals surface area contributed by atoms with Crippen LogP contribution in [-0.4, -0.2) is 46.3 Å². The van der Waals surface area contributed by atoms with E-state index in [0.29, 0.717) is 45.6 Å². The van der Waals surface area contributed by atoms with Gasteiger partial charge in [-0.2, -0.15) is 0 Å². The van der Waals surface area contributed by atoms with Gasteiger partial charge in [0.05, 0.1) is 29.5 Å². The van der Waals surface area contributed by atoms with Crippen molar-refractivity contribution in [3.63, 3.8) is 0 Å². The molecule has 0 unspecified atom stereocenters. The fourth-order valence-electron chi connectivity index (χ4n) is 3.20. The Morgan fingerprint density at radius 1 is 1.23 bits per heavy atom. The third kappa shape index (κ3) is 4.32. The highest BCUT2D eigenvalue weighted by molar-refractivity contribution is 7.99. The molecule has 0 fully saturated rings. The van der Waals surface area contributed by atoms with Crippen molar-refractivity contribution in [2.24, 2.45) is 0 Å². The highest BCUT2D eigenvalue weighted by atomic mass is 35.5. The molecule has 0 aliphatic rings. The lowest BCUT2D eigenvalue weighted by Crippen LogP contribution is -2.32. The number of amides is 1. The van der Waals surface area contributed by atoms with Crippen molar-refractivity contribution in [3.8, 4) is 11.4 Å². The molecule has 3 rings (SSSR count). The van der Waals surface area contributed by atoms with Crippen LogP contribution in [0.1, 0.15) is 19.4 Å². The summed E-state index contributed by atoms with van der Waals surface area (Å²) in [4.78, 5) is 32.4. The zero-order valence-electron chi connectivity index (χ0n) is 17.4. The molecule has 2 aromatic carbocycles. The molecule has 0 saturated heterocycles. The van der Waals surface area contributed by atoms with Crippen LogP contribution in [0.4, 0.5) is 0 Å². The van der Waals surface area contributed by atoms with Gasteiger partial charge in [0.2, 0.25) is 5.91 Å². The molecule has 1 amide bonds. The number of fused-ring (bicyclic) bond motifs is 1.